The van der Waals surface area contributed by atoms with E-state index in [4.69, 9.17) is 34.9 Å². The number of hydrogen-bond donors (Lipinski definition) is 4. The van der Waals surface area contributed by atoms with Crippen molar-refractivity contribution in [3.63, 3.8) is 0 Å². The maximum Gasteiger partial charge on any atom is 0.413 e. The van der Waals surface area contributed by atoms with Gasteiger partial charge in [0.1, 0.15) is 35.6 Å². The molecule has 57 heavy (non-hydrogen) atoms. The van der Waals surface area contributed by atoms with Gasteiger partial charge in [0.25, 0.3) is 0 Å². The molecule has 1 atom stereocenters. The van der Waals surface area contributed by atoms with Crippen molar-refractivity contribution in [2.45, 2.75) is 85.0 Å². The summed E-state index contributed by atoms with van der Waals surface area (Å²) in [5, 5.41) is 17.0. The monoisotopic (exact) mass is 786 g/mol. The standard InChI is InChI=1S/C43H58N6O8/c1-30(2)37(46-42(52)56-43(3,4)5)40(50)57-48-39(45)34-16-20-35(21-17-34)53-27-9-13-31-22-25-49(26-23-31)24-10-28-54-36-18-14-33(15-19-36)38(44)47-41(51)55-29-32-11-7-6-8-12-32/h6-8,11-12,14-21,30-31,37H,9-10,13,22-29H2,1-5H3,(H2,45,48)(H,46,52)(H2,44,47,51). The summed E-state index contributed by atoms with van der Waals surface area (Å²) in [6.07, 6.45) is 3.92. The summed E-state index contributed by atoms with van der Waals surface area (Å²) in [7, 11) is 0. The summed E-state index contributed by atoms with van der Waals surface area (Å²) >= 11 is 0. The highest BCUT2D eigenvalue weighted by Gasteiger charge is 2.29. The molecular weight excluding hydrogens is 729 g/mol. The van der Waals surface area contributed by atoms with Crippen molar-refractivity contribution in [3.05, 3.63) is 95.6 Å². The van der Waals surface area contributed by atoms with Crippen LogP contribution in [0.3, 0.4) is 0 Å². The first-order chi connectivity index (χ1) is 27.3. The second kappa shape index (κ2) is 22.2. The van der Waals surface area contributed by atoms with Crippen LogP contribution in [0.1, 0.15) is 83.4 Å². The Morgan fingerprint density at radius 3 is 2.05 bits per heavy atom. The van der Waals surface area contributed by atoms with Crippen LogP contribution in [0.5, 0.6) is 11.5 Å². The van der Waals surface area contributed by atoms with Crippen LogP contribution in [-0.2, 0) is 25.7 Å². The largest absolute Gasteiger partial charge is 0.494 e. The Hall–Kier alpha value is -5.63. The van der Waals surface area contributed by atoms with Crippen molar-refractivity contribution in [3.8, 4) is 11.5 Å². The van der Waals surface area contributed by atoms with Crippen LogP contribution in [0.25, 0.3) is 0 Å². The Balaban J connectivity index is 1.05. The van der Waals surface area contributed by atoms with Crippen molar-refractivity contribution in [2.75, 3.05) is 32.8 Å². The lowest BCUT2D eigenvalue weighted by molar-refractivity contribution is -0.147. The van der Waals surface area contributed by atoms with Crippen LogP contribution < -0.4 is 25.8 Å². The first-order valence-electron chi connectivity index (χ1n) is 19.5. The number of carbonyl (C=O) groups excluding carboxylic acids is 3. The molecule has 1 aliphatic heterocycles. The zero-order chi connectivity index (χ0) is 41.2. The summed E-state index contributed by atoms with van der Waals surface area (Å²) in [5.41, 5.74) is 7.36. The van der Waals surface area contributed by atoms with E-state index < -0.39 is 29.8 Å². The molecule has 0 aromatic heterocycles. The minimum absolute atomic E-state index is 0.0211. The summed E-state index contributed by atoms with van der Waals surface area (Å²) in [6.45, 7) is 13.2. The summed E-state index contributed by atoms with van der Waals surface area (Å²) in [6, 6.07) is 22.6. The number of likely N-dealkylation sites (tertiary alicyclic amines) is 1. The van der Waals surface area contributed by atoms with E-state index in [-0.39, 0.29) is 24.2 Å². The van der Waals surface area contributed by atoms with Gasteiger partial charge in [-0.25, -0.2) is 14.4 Å². The Kier molecular flexibility index (Phi) is 17.2. The van der Waals surface area contributed by atoms with Gasteiger partial charge < -0.3 is 39.7 Å². The number of nitrogens with two attached hydrogens (primary N) is 1. The second-order valence-electron chi connectivity index (χ2n) is 15.3. The number of benzene rings is 3. The van der Waals surface area contributed by atoms with Gasteiger partial charge in [0.05, 0.1) is 13.2 Å². The maximum atomic E-state index is 12.6. The third-order valence-corrected chi connectivity index (χ3v) is 9.18. The van der Waals surface area contributed by atoms with E-state index >= 15 is 0 Å². The van der Waals surface area contributed by atoms with Gasteiger partial charge in [0.2, 0.25) is 0 Å². The molecule has 14 nitrogen and oxygen atoms in total. The molecule has 0 saturated carbocycles. The number of ether oxygens (including phenoxy) is 4. The van der Waals surface area contributed by atoms with Crippen molar-refractivity contribution in [2.24, 2.45) is 22.7 Å². The molecule has 0 radical (unpaired) electrons. The van der Waals surface area contributed by atoms with Gasteiger partial charge in [-0.2, -0.15) is 0 Å². The van der Waals surface area contributed by atoms with Crippen LogP contribution in [0.15, 0.2) is 84.0 Å². The number of amides is 2. The number of rotatable bonds is 18. The summed E-state index contributed by atoms with van der Waals surface area (Å²) in [4.78, 5) is 44.4. The predicted molar refractivity (Wildman–Crippen MR) is 218 cm³/mol. The molecule has 1 unspecified atom stereocenters. The zero-order valence-electron chi connectivity index (χ0n) is 33.8. The number of amidine groups is 2. The van der Waals surface area contributed by atoms with Crippen LogP contribution in [0.4, 0.5) is 9.59 Å². The molecule has 0 bridgehead atoms. The number of piperidine rings is 1. The van der Waals surface area contributed by atoms with Crippen molar-refractivity contribution in [1.82, 2.24) is 15.5 Å². The fraction of sp³-hybridized carbons (Fsp3) is 0.465. The van der Waals surface area contributed by atoms with E-state index in [1.54, 1.807) is 83.1 Å². The van der Waals surface area contributed by atoms with E-state index in [0.29, 0.717) is 36.0 Å². The van der Waals surface area contributed by atoms with E-state index in [9.17, 15) is 14.4 Å². The second-order valence-corrected chi connectivity index (χ2v) is 15.3. The highest BCUT2D eigenvalue weighted by Crippen LogP contribution is 2.23. The third-order valence-electron chi connectivity index (χ3n) is 9.18. The smallest absolute Gasteiger partial charge is 0.413 e. The summed E-state index contributed by atoms with van der Waals surface area (Å²) in [5.74, 6) is 1.09. The highest BCUT2D eigenvalue weighted by molar-refractivity contribution is 6.04. The van der Waals surface area contributed by atoms with Crippen molar-refractivity contribution < 1.29 is 38.2 Å². The minimum Gasteiger partial charge on any atom is -0.494 e. The predicted octanol–water partition coefficient (Wildman–Crippen LogP) is 6.99. The minimum atomic E-state index is -0.955. The Bertz CT molecular complexity index is 1750. The van der Waals surface area contributed by atoms with Crippen molar-refractivity contribution >= 4 is 29.8 Å². The van der Waals surface area contributed by atoms with Crippen LogP contribution >= 0.6 is 0 Å². The maximum absolute atomic E-state index is 12.6. The molecule has 1 saturated heterocycles. The number of hydrogen-bond acceptors (Lipinski definition) is 11. The molecule has 3 aromatic rings. The van der Waals surface area contributed by atoms with E-state index in [2.05, 4.69) is 20.7 Å². The molecule has 1 heterocycles. The average Bonchev–Trinajstić information content (AvgIpc) is 3.19. The Morgan fingerprint density at radius 2 is 1.46 bits per heavy atom. The first-order valence-corrected chi connectivity index (χ1v) is 19.5. The van der Waals surface area contributed by atoms with Crippen LogP contribution in [0, 0.1) is 17.2 Å². The Labute approximate surface area is 335 Å². The normalized spacial score (nSPS) is 14.3. The van der Waals surface area contributed by atoms with Crippen molar-refractivity contribution in [1.29, 1.82) is 5.41 Å². The SMILES string of the molecule is CC(C)C(NC(=O)OC(C)(C)C)C(=O)O/N=C(\N)c1ccc(OCCCC2CCN(CCCOc3ccc(C(=N)NC(=O)OCc4ccccc4)cc3)CC2)cc1. The fourth-order valence-corrected chi connectivity index (χ4v) is 6.05. The quantitative estimate of drug-likeness (QED) is 0.0344. The molecule has 1 fully saturated rings. The number of nitrogens with one attached hydrogen (secondary N) is 3. The number of alkyl carbamates (subject to hydrolysis) is 2. The van der Waals surface area contributed by atoms with E-state index in [1.807, 2.05) is 30.3 Å². The number of nitrogens with zero attached hydrogens (tertiary/aromatic N) is 2. The first kappa shape index (κ1) is 44.1. The van der Waals surface area contributed by atoms with Crippen LogP contribution in [0.2, 0.25) is 0 Å². The molecule has 5 N–H and O–H groups in total. The third kappa shape index (κ3) is 16.2. The Morgan fingerprint density at radius 1 is 0.860 bits per heavy atom. The average molecular weight is 787 g/mol. The topological polar surface area (TPSA) is 187 Å². The number of oxime groups is 1. The lowest BCUT2D eigenvalue weighted by Crippen LogP contribution is -2.46. The molecule has 308 valence electrons. The van der Waals surface area contributed by atoms with Gasteiger partial charge in [-0.15, -0.1) is 0 Å². The molecule has 0 spiro atoms. The van der Waals surface area contributed by atoms with Gasteiger partial charge in [-0.3, -0.25) is 10.7 Å². The van der Waals surface area contributed by atoms with E-state index in [0.717, 1.165) is 63.1 Å². The highest BCUT2D eigenvalue weighted by atomic mass is 16.7. The van der Waals surface area contributed by atoms with E-state index in [1.165, 1.54) is 0 Å². The molecule has 3 aromatic carbocycles. The zero-order valence-corrected chi connectivity index (χ0v) is 33.8. The summed E-state index contributed by atoms with van der Waals surface area (Å²) < 4.78 is 22.3. The van der Waals surface area contributed by atoms with Crippen LogP contribution in [-0.4, -0.2) is 79.2 Å². The van der Waals surface area contributed by atoms with Gasteiger partial charge in [0.15, 0.2) is 5.84 Å². The van der Waals surface area contributed by atoms with Gasteiger partial charge in [-0.1, -0.05) is 49.3 Å². The number of carbonyl (C=O) groups is 3. The molecule has 4 rings (SSSR count). The molecular formula is C43H58N6O8. The molecule has 0 aliphatic carbocycles. The van der Waals surface area contributed by atoms with Gasteiger partial charge in [-0.05, 0) is 132 Å². The lowest BCUT2D eigenvalue weighted by Gasteiger charge is -2.32. The molecule has 1 aliphatic rings. The fourth-order valence-electron chi connectivity index (χ4n) is 6.05. The molecule has 14 heteroatoms. The van der Waals surface area contributed by atoms with Gasteiger partial charge in [0, 0.05) is 17.7 Å². The molecule has 2 amide bonds. The van der Waals surface area contributed by atoms with Gasteiger partial charge >= 0.3 is 18.2 Å². The lowest BCUT2D eigenvalue weighted by atomic mass is 9.92.